The number of hydrogen-bond acceptors (Lipinski definition) is 4. The highest BCUT2D eigenvalue weighted by atomic mass is 16.5. The van der Waals surface area contributed by atoms with Gasteiger partial charge in [-0.05, 0) is 11.6 Å². The molecule has 0 unspecified atom stereocenters. The van der Waals surface area contributed by atoms with Crippen LogP contribution in [0.1, 0.15) is 10.4 Å². The van der Waals surface area contributed by atoms with Crippen molar-refractivity contribution in [2.45, 2.75) is 10.5 Å². The smallest absolute Gasteiger partial charge is 0.168 e. The van der Waals surface area contributed by atoms with Crippen molar-refractivity contribution in [3.05, 3.63) is 42.1 Å². The molecule has 0 bridgehead atoms. The highest BCUT2D eigenvalue weighted by Gasteiger charge is 2.32. The van der Waals surface area contributed by atoms with E-state index in [1.54, 1.807) is 30.3 Å². The number of ether oxygens (including phenoxy) is 1. The molecule has 2 aromatic rings. The van der Waals surface area contributed by atoms with Crippen molar-refractivity contribution >= 4 is 59.2 Å². The fourth-order valence-corrected chi connectivity index (χ4v) is 2.37. The normalized spacial score (nSPS) is 11.7. The summed E-state index contributed by atoms with van der Waals surface area (Å²) in [6.07, 6.45) is 2.29. The van der Waals surface area contributed by atoms with Crippen LogP contribution < -0.4 is 9.64 Å². The molecule has 1 aromatic heterocycles. The lowest BCUT2D eigenvalue weighted by Gasteiger charge is -2.50. The lowest BCUT2D eigenvalue weighted by atomic mass is 9.40. The topological polar surface area (TPSA) is 42.4 Å². The molecule has 10 heteroatoms. The second-order valence-corrected chi connectivity index (χ2v) is 5.60. The van der Waals surface area contributed by atoms with E-state index < -0.39 is 10.5 Å². The van der Waals surface area contributed by atoms with Gasteiger partial charge in [-0.25, -0.2) is 4.98 Å². The Balaban J connectivity index is 2.53. The zero-order chi connectivity index (χ0) is 18.8. The van der Waals surface area contributed by atoms with Crippen molar-refractivity contribution in [2.75, 3.05) is 12.0 Å². The number of carbonyl (C=O) groups is 1. The standard InChI is InChI=1S/C15H10B6N2O2/c1-25-12-6-11(10-4-2-9(8-24)3-5-10)7-22-13(12)23(14(16,17)18)15(19,20)21/h2-8H,1H3. The average Bonchev–Trinajstić information content (AvgIpc) is 2.52. The number of hydrogen-bond donors (Lipinski definition) is 0. The maximum absolute atomic E-state index is 10.8. The van der Waals surface area contributed by atoms with E-state index in [4.69, 9.17) is 51.8 Å². The van der Waals surface area contributed by atoms with Crippen molar-refractivity contribution in [1.82, 2.24) is 4.98 Å². The van der Waals surface area contributed by atoms with Gasteiger partial charge in [-0.2, -0.15) is 0 Å². The monoisotopic (exact) mass is 316 g/mol. The number of aromatic nitrogens is 1. The Morgan fingerprint density at radius 2 is 1.56 bits per heavy atom. The molecule has 0 saturated heterocycles. The summed E-state index contributed by atoms with van der Waals surface area (Å²) < 4.78 is 5.33. The highest BCUT2D eigenvalue weighted by molar-refractivity contribution is 6.66. The summed E-state index contributed by atoms with van der Waals surface area (Å²) in [5.41, 5.74) is 2.09. The van der Waals surface area contributed by atoms with E-state index in [9.17, 15) is 4.79 Å². The Labute approximate surface area is 155 Å². The third-order valence-corrected chi connectivity index (χ3v) is 3.42. The van der Waals surface area contributed by atoms with Crippen LogP contribution in [-0.2, 0) is 0 Å². The van der Waals surface area contributed by atoms with E-state index >= 15 is 0 Å². The first-order valence-corrected chi connectivity index (χ1v) is 7.21. The van der Waals surface area contributed by atoms with E-state index in [1.165, 1.54) is 13.3 Å². The molecular weight excluding hydrogens is 305 g/mol. The van der Waals surface area contributed by atoms with E-state index in [-0.39, 0.29) is 11.6 Å². The Bertz CT molecular complexity index is 742. The Morgan fingerprint density at radius 3 is 2.00 bits per heavy atom. The first kappa shape index (κ1) is 19.4. The zero-order valence-corrected chi connectivity index (χ0v) is 13.7. The molecule has 110 valence electrons. The molecule has 0 saturated carbocycles. The summed E-state index contributed by atoms with van der Waals surface area (Å²) in [6, 6.07) is 8.59. The highest BCUT2D eigenvalue weighted by Crippen LogP contribution is 2.34. The van der Waals surface area contributed by atoms with Crippen molar-refractivity contribution in [3.63, 3.8) is 0 Å². The number of pyridine rings is 1. The van der Waals surface area contributed by atoms with Crippen LogP contribution in [0, 0.1) is 0 Å². The second kappa shape index (κ2) is 7.11. The van der Waals surface area contributed by atoms with Gasteiger partial charge in [0, 0.05) is 17.3 Å². The molecule has 0 fully saturated rings. The van der Waals surface area contributed by atoms with Gasteiger partial charge in [-0.15, -0.1) is 0 Å². The van der Waals surface area contributed by atoms with Gasteiger partial charge < -0.3 is 9.64 Å². The van der Waals surface area contributed by atoms with Crippen molar-refractivity contribution in [2.24, 2.45) is 0 Å². The van der Waals surface area contributed by atoms with E-state index in [0.717, 1.165) is 16.7 Å². The summed E-state index contributed by atoms with van der Waals surface area (Å²) in [5.74, 6) is 0.337. The number of anilines is 1. The Kier molecular flexibility index (Phi) is 5.50. The zero-order valence-electron chi connectivity index (χ0n) is 13.7. The summed E-state index contributed by atoms with van der Waals surface area (Å²) in [7, 11) is 35.7. The van der Waals surface area contributed by atoms with Crippen LogP contribution in [0.15, 0.2) is 36.5 Å². The second-order valence-electron chi connectivity index (χ2n) is 5.60. The molecule has 2 rings (SSSR count). The van der Waals surface area contributed by atoms with Gasteiger partial charge in [-0.3, -0.25) is 4.79 Å². The number of nitrogens with zero attached hydrogens (tertiary/aromatic N) is 2. The number of carbonyl (C=O) groups excluding carboxylic acids is 1. The van der Waals surface area contributed by atoms with Crippen LogP contribution >= 0.6 is 0 Å². The first-order chi connectivity index (χ1) is 11.6. The van der Waals surface area contributed by atoms with Gasteiger partial charge in [-0.1, -0.05) is 34.7 Å². The van der Waals surface area contributed by atoms with Crippen molar-refractivity contribution < 1.29 is 9.53 Å². The molecule has 4 nitrogen and oxygen atoms in total. The Hall–Kier alpha value is -1.97. The lowest BCUT2D eigenvalue weighted by molar-refractivity contribution is 0.112. The van der Waals surface area contributed by atoms with Gasteiger partial charge in [0.1, 0.15) is 6.29 Å². The average molecular weight is 315 g/mol. The lowest BCUT2D eigenvalue weighted by Crippen LogP contribution is -2.64. The van der Waals surface area contributed by atoms with Gasteiger partial charge in [0.25, 0.3) is 0 Å². The third-order valence-electron chi connectivity index (χ3n) is 3.42. The van der Waals surface area contributed by atoms with Gasteiger partial charge in [0.05, 0.1) is 54.2 Å². The molecule has 0 amide bonds. The van der Waals surface area contributed by atoms with Crippen LogP contribution in [-0.4, -0.2) is 75.9 Å². The fraction of sp³-hybridized carbons (Fsp3) is 0.200. The predicted molar refractivity (Wildman–Crippen MR) is 104 cm³/mol. The minimum atomic E-state index is -1.98. The SMILES string of the molecule is [B]C([B])([B])N(c1ncc(-c2ccc(C=O)cc2)cc1OC)C([B])([B])[B]. The summed E-state index contributed by atoms with van der Waals surface area (Å²) in [4.78, 5) is 15.9. The fourth-order valence-electron chi connectivity index (χ4n) is 2.37. The molecule has 1 aromatic carbocycles. The van der Waals surface area contributed by atoms with Crippen LogP contribution in [0.25, 0.3) is 11.1 Å². The van der Waals surface area contributed by atoms with Crippen LogP contribution in [0.5, 0.6) is 5.75 Å². The molecule has 0 atom stereocenters. The molecule has 12 radical (unpaired) electrons. The minimum absolute atomic E-state index is 0.0794. The third kappa shape index (κ3) is 4.36. The quantitative estimate of drug-likeness (QED) is 0.538. The van der Waals surface area contributed by atoms with Crippen LogP contribution in [0.2, 0.25) is 0 Å². The molecule has 0 aliphatic carbocycles. The van der Waals surface area contributed by atoms with Crippen molar-refractivity contribution in [3.8, 4) is 16.9 Å². The maximum atomic E-state index is 10.8. The van der Waals surface area contributed by atoms with E-state index in [1.807, 2.05) is 0 Å². The van der Waals surface area contributed by atoms with Crippen LogP contribution in [0.4, 0.5) is 5.82 Å². The summed E-state index contributed by atoms with van der Waals surface area (Å²) in [5, 5.41) is -3.96. The first-order valence-electron chi connectivity index (χ1n) is 7.21. The molecule has 0 aliphatic heterocycles. The van der Waals surface area contributed by atoms with E-state index in [2.05, 4.69) is 4.98 Å². The van der Waals surface area contributed by atoms with Crippen molar-refractivity contribution in [1.29, 1.82) is 0 Å². The van der Waals surface area contributed by atoms with E-state index in [0.29, 0.717) is 11.1 Å². The number of benzene rings is 1. The number of rotatable bonds is 6. The molecule has 25 heavy (non-hydrogen) atoms. The summed E-state index contributed by atoms with van der Waals surface area (Å²) >= 11 is 0. The van der Waals surface area contributed by atoms with Crippen LogP contribution in [0.3, 0.4) is 0 Å². The van der Waals surface area contributed by atoms with Gasteiger partial charge >= 0.3 is 0 Å². The minimum Gasteiger partial charge on any atom is -0.493 e. The molecule has 0 spiro atoms. The molecular formula is C15H10B6N2O2. The van der Waals surface area contributed by atoms with Gasteiger partial charge in [0.15, 0.2) is 11.6 Å². The molecule has 0 N–H and O–H groups in total. The molecule has 1 heterocycles. The largest absolute Gasteiger partial charge is 0.493 e. The Morgan fingerprint density at radius 1 is 1.00 bits per heavy atom. The predicted octanol–water partition coefficient (Wildman–Crippen LogP) is -0.390. The van der Waals surface area contributed by atoms with Gasteiger partial charge in [0.2, 0.25) is 0 Å². The maximum Gasteiger partial charge on any atom is 0.168 e. The number of methoxy groups -OCH3 is 1. The summed E-state index contributed by atoms with van der Waals surface area (Å²) in [6.45, 7) is 0. The number of aldehydes is 1. The molecule has 0 aliphatic rings.